The lowest BCUT2D eigenvalue weighted by Crippen LogP contribution is -2.37. The Labute approximate surface area is 229 Å². The molecule has 0 radical (unpaired) electrons. The van der Waals surface area contributed by atoms with E-state index in [1.54, 1.807) is 0 Å². The summed E-state index contributed by atoms with van der Waals surface area (Å²) in [6, 6.07) is 4.38. The number of esters is 1. The zero-order valence-corrected chi connectivity index (χ0v) is 24.6. The van der Waals surface area contributed by atoms with Crippen molar-refractivity contribution in [2.24, 2.45) is 5.92 Å². The summed E-state index contributed by atoms with van der Waals surface area (Å²) in [6.45, 7) is 12.3. The minimum absolute atomic E-state index is 0.110. The van der Waals surface area contributed by atoms with E-state index in [-0.39, 0.29) is 11.6 Å². The summed E-state index contributed by atoms with van der Waals surface area (Å²) in [4.78, 5) is 15.5. The van der Waals surface area contributed by atoms with Gasteiger partial charge in [0.1, 0.15) is 17.1 Å². The summed E-state index contributed by atoms with van der Waals surface area (Å²) in [6.07, 6.45) is 13.6. The molecule has 1 aromatic carbocycles. The first-order chi connectivity index (χ1) is 17.9. The van der Waals surface area contributed by atoms with Crippen LogP contribution in [0.5, 0.6) is 11.5 Å². The molecule has 3 heterocycles. The number of piperidine rings is 1. The lowest BCUT2D eigenvalue weighted by Gasteiger charge is -2.39. The molecule has 1 unspecified atom stereocenters. The van der Waals surface area contributed by atoms with Gasteiger partial charge in [0.15, 0.2) is 0 Å². The number of hydrogen-bond acceptors (Lipinski definition) is 5. The van der Waals surface area contributed by atoms with Crippen LogP contribution in [0, 0.1) is 5.92 Å². The highest BCUT2D eigenvalue weighted by Crippen LogP contribution is 2.50. The third-order valence-electron chi connectivity index (χ3n) is 8.38. The Balaban J connectivity index is 1.50. The molecule has 1 fully saturated rings. The van der Waals surface area contributed by atoms with Crippen molar-refractivity contribution in [3.63, 3.8) is 0 Å². The normalized spacial score (nSPS) is 20.1. The number of aryl methyl sites for hydroxylation is 1. The fourth-order valence-corrected chi connectivity index (χ4v) is 7.31. The van der Waals surface area contributed by atoms with Gasteiger partial charge in [0.2, 0.25) is 0 Å². The van der Waals surface area contributed by atoms with E-state index < -0.39 is 0 Å². The summed E-state index contributed by atoms with van der Waals surface area (Å²) in [5, 5.41) is 0. The number of likely N-dealkylation sites (tertiary alicyclic amines) is 1. The molecule has 0 N–H and O–H groups in total. The number of hydrogen-bond donors (Lipinski definition) is 0. The van der Waals surface area contributed by atoms with Crippen molar-refractivity contribution < 1.29 is 14.3 Å². The Bertz CT molecular complexity index is 948. The number of fused-ring (bicyclic) bond motifs is 2. The molecule has 4 nitrogen and oxygen atoms in total. The van der Waals surface area contributed by atoms with Gasteiger partial charge in [-0.1, -0.05) is 46.0 Å². The molecule has 0 aliphatic carbocycles. The van der Waals surface area contributed by atoms with Gasteiger partial charge in [0, 0.05) is 12.2 Å². The van der Waals surface area contributed by atoms with Gasteiger partial charge in [-0.15, -0.1) is 0 Å². The molecule has 206 valence electrons. The Morgan fingerprint density at radius 2 is 1.95 bits per heavy atom. The number of allylic oxidation sites excluding steroid dienone is 1. The van der Waals surface area contributed by atoms with Crippen LogP contribution in [0.15, 0.2) is 17.7 Å². The maximum atomic E-state index is 13.0. The van der Waals surface area contributed by atoms with Crippen molar-refractivity contribution in [3.05, 3.63) is 28.8 Å². The van der Waals surface area contributed by atoms with Gasteiger partial charge in [-0.2, -0.15) is 11.8 Å². The van der Waals surface area contributed by atoms with Crippen molar-refractivity contribution in [1.29, 1.82) is 0 Å². The van der Waals surface area contributed by atoms with E-state index in [9.17, 15) is 4.79 Å². The number of carbonyl (C=O) groups excluding carboxylic acids is 1. The third-order valence-corrected chi connectivity index (χ3v) is 9.37. The second-order valence-electron chi connectivity index (χ2n) is 12.0. The summed E-state index contributed by atoms with van der Waals surface area (Å²) in [5.41, 5.74) is 4.65. The van der Waals surface area contributed by atoms with Crippen LogP contribution in [-0.2, 0) is 11.2 Å². The van der Waals surface area contributed by atoms with E-state index in [1.165, 1.54) is 74.7 Å². The molecule has 0 amide bonds. The molecule has 4 rings (SSSR count). The van der Waals surface area contributed by atoms with Crippen LogP contribution >= 0.6 is 11.8 Å². The van der Waals surface area contributed by atoms with Crippen LogP contribution < -0.4 is 9.47 Å². The maximum Gasteiger partial charge on any atom is 0.311 e. The summed E-state index contributed by atoms with van der Waals surface area (Å²) in [7, 11) is 0. The second-order valence-corrected chi connectivity index (χ2v) is 13.1. The molecular formula is C32H49NO3S. The van der Waals surface area contributed by atoms with E-state index in [0.717, 1.165) is 60.8 Å². The summed E-state index contributed by atoms with van der Waals surface area (Å²) >= 11 is 1.97. The van der Waals surface area contributed by atoms with Crippen molar-refractivity contribution in [2.75, 3.05) is 31.1 Å². The highest BCUT2D eigenvalue weighted by Gasteiger charge is 2.38. The fraction of sp³-hybridized carbons (Fsp3) is 0.719. The number of unbranched alkanes of at least 4 members (excludes halogenated alkanes) is 2. The molecule has 1 atom stereocenters. The molecule has 3 aliphatic rings. The Morgan fingerprint density at radius 1 is 1.14 bits per heavy atom. The van der Waals surface area contributed by atoms with Crippen LogP contribution in [0.2, 0.25) is 0 Å². The first-order valence-electron chi connectivity index (χ1n) is 15.0. The van der Waals surface area contributed by atoms with Crippen LogP contribution in [0.4, 0.5) is 0 Å². The lowest BCUT2D eigenvalue weighted by atomic mass is 9.84. The highest BCUT2D eigenvalue weighted by atomic mass is 32.2. The number of nitrogens with zero attached hydrogens (tertiary/aromatic N) is 1. The van der Waals surface area contributed by atoms with Gasteiger partial charge in [-0.25, -0.2) is 0 Å². The summed E-state index contributed by atoms with van der Waals surface area (Å²) < 4.78 is 12.8. The first-order valence-corrected chi connectivity index (χ1v) is 16.1. The van der Waals surface area contributed by atoms with Gasteiger partial charge in [0.25, 0.3) is 0 Å². The second kappa shape index (κ2) is 13.6. The Hall–Kier alpha value is -1.46. The quantitative estimate of drug-likeness (QED) is 0.156. The molecule has 37 heavy (non-hydrogen) atoms. The predicted octanol–water partition coefficient (Wildman–Crippen LogP) is 8.07. The maximum absolute atomic E-state index is 13.0. The van der Waals surface area contributed by atoms with E-state index in [0.29, 0.717) is 12.3 Å². The fourth-order valence-electron chi connectivity index (χ4n) is 6.09. The molecule has 0 bridgehead atoms. The number of benzene rings is 1. The monoisotopic (exact) mass is 527 g/mol. The van der Waals surface area contributed by atoms with Crippen molar-refractivity contribution in [1.82, 2.24) is 4.90 Å². The standard InChI is InChI=1S/C32H49NO3S/c1-5-6-8-12-24(2)14-15-25-21-28(35-30(34)13-11-19-33-17-9-7-10-18-33)31-26-16-20-37-23-27(26)32(3,4)36-29(31)22-25/h21-22,24H,5-20,23H2,1-4H3. The molecule has 1 saturated heterocycles. The first kappa shape index (κ1) is 28.5. The van der Waals surface area contributed by atoms with Crippen molar-refractivity contribution >= 4 is 23.3 Å². The molecule has 3 aliphatic heterocycles. The van der Waals surface area contributed by atoms with Crippen LogP contribution in [0.3, 0.4) is 0 Å². The van der Waals surface area contributed by atoms with Gasteiger partial charge >= 0.3 is 5.97 Å². The summed E-state index contributed by atoms with van der Waals surface area (Å²) in [5.74, 6) is 4.31. The van der Waals surface area contributed by atoms with E-state index in [2.05, 4.69) is 44.7 Å². The largest absolute Gasteiger partial charge is 0.483 e. The Morgan fingerprint density at radius 3 is 2.73 bits per heavy atom. The molecule has 0 aromatic heterocycles. The van der Waals surface area contributed by atoms with E-state index >= 15 is 0 Å². The van der Waals surface area contributed by atoms with Gasteiger partial charge < -0.3 is 14.4 Å². The Kier molecular flexibility index (Phi) is 10.5. The zero-order chi connectivity index (χ0) is 26.3. The number of rotatable bonds is 12. The molecular weight excluding hydrogens is 478 g/mol. The average molecular weight is 528 g/mol. The predicted molar refractivity (Wildman–Crippen MR) is 157 cm³/mol. The lowest BCUT2D eigenvalue weighted by molar-refractivity contribution is -0.134. The topological polar surface area (TPSA) is 38.8 Å². The molecule has 0 spiro atoms. The number of ether oxygens (including phenoxy) is 2. The van der Waals surface area contributed by atoms with Crippen LogP contribution in [0.1, 0.15) is 109 Å². The van der Waals surface area contributed by atoms with Crippen molar-refractivity contribution in [3.8, 4) is 11.5 Å². The van der Waals surface area contributed by atoms with Crippen LogP contribution in [-0.4, -0.2) is 47.6 Å². The minimum atomic E-state index is -0.322. The van der Waals surface area contributed by atoms with Gasteiger partial charge in [0.05, 0.1) is 5.56 Å². The average Bonchev–Trinajstić information content (AvgIpc) is 2.88. The zero-order valence-electron chi connectivity index (χ0n) is 23.8. The molecule has 5 heteroatoms. The van der Waals surface area contributed by atoms with Crippen LogP contribution in [0.25, 0.3) is 5.57 Å². The molecule has 1 aromatic rings. The van der Waals surface area contributed by atoms with Gasteiger partial charge in [-0.3, -0.25) is 4.79 Å². The third kappa shape index (κ3) is 7.79. The number of thioether (sulfide) groups is 1. The highest BCUT2D eigenvalue weighted by molar-refractivity contribution is 7.99. The van der Waals surface area contributed by atoms with E-state index in [1.807, 2.05) is 11.8 Å². The van der Waals surface area contributed by atoms with Gasteiger partial charge in [-0.05, 0) is 113 Å². The molecule has 0 saturated carbocycles. The van der Waals surface area contributed by atoms with E-state index in [4.69, 9.17) is 9.47 Å². The SMILES string of the molecule is CCCCCC(C)CCc1cc(OC(=O)CCCN2CCCCC2)c2c(c1)OC(C)(C)C1=C2CCSC1. The van der Waals surface area contributed by atoms with Crippen molar-refractivity contribution in [2.45, 2.75) is 110 Å². The number of carbonyl (C=O) groups is 1. The minimum Gasteiger partial charge on any atom is -0.483 e. The smallest absolute Gasteiger partial charge is 0.311 e.